The largest absolute Gasteiger partial charge is 0.493 e. The van der Waals surface area contributed by atoms with E-state index in [0.29, 0.717) is 29.4 Å². The number of methoxy groups -OCH3 is 2. The Bertz CT molecular complexity index is 1150. The van der Waals surface area contributed by atoms with Crippen molar-refractivity contribution in [2.75, 3.05) is 14.2 Å². The van der Waals surface area contributed by atoms with Crippen molar-refractivity contribution >= 4 is 21.5 Å². The molecule has 4 nitrogen and oxygen atoms in total. The van der Waals surface area contributed by atoms with E-state index in [-0.39, 0.29) is 0 Å². The minimum absolute atomic E-state index is 0.377. The van der Waals surface area contributed by atoms with Crippen LogP contribution in [-0.2, 0) is 6.61 Å². The van der Waals surface area contributed by atoms with E-state index in [1.807, 2.05) is 66.7 Å². The van der Waals surface area contributed by atoms with E-state index >= 15 is 0 Å². The third-order valence-corrected chi connectivity index (χ3v) is 4.89. The van der Waals surface area contributed by atoms with Crippen molar-refractivity contribution in [3.8, 4) is 23.3 Å². The standard InChI is InChI=1S/C24H19NO3/c1-26-23-12-11-16(13-24(23)27-2)28-15-22-19-9-5-3-7-17(19)21(14-25)18-8-4-6-10-20(18)22/h3-13H,15H2,1-2H3. The summed E-state index contributed by atoms with van der Waals surface area (Å²) in [5.74, 6) is 1.97. The molecule has 0 heterocycles. The van der Waals surface area contributed by atoms with Crippen molar-refractivity contribution in [2.45, 2.75) is 6.61 Å². The van der Waals surface area contributed by atoms with Crippen molar-refractivity contribution < 1.29 is 14.2 Å². The van der Waals surface area contributed by atoms with Gasteiger partial charge in [0, 0.05) is 22.4 Å². The van der Waals surface area contributed by atoms with E-state index in [0.717, 1.165) is 27.1 Å². The molecule has 0 saturated heterocycles. The molecule has 0 bridgehead atoms. The second kappa shape index (κ2) is 7.50. The van der Waals surface area contributed by atoms with Gasteiger partial charge in [-0.05, 0) is 22.9 Å². The number of rotatable bonds is 5. The number of benzene rings is 4. The van der Waals surface area contributed by atoms with Gasteiger partial charge in [0.25, 0.3) is 0 Å². The summed E-state index contributed by atoms with van der Waals surface area (Å²) in [6.07, 6.45) is 0. The fourth-order valence-corrected chi connectivity index (χ4v) is 3.56. The van der Waals surface area contributed by atoms with Crippen molar-refractivity contribution in [3.05, 3.63) is 77.9 Å². The summed E-state index contributed by atoms with van der Waals surface area (Å²) in [5.41, 5.74) is 1.75. The van der Waals surface area contributed by atoms with Crippen LogP contribution >= 0.6 is 0 Å². The molecule has 4 heteroatoms. The predicted molar refractivity (Wildman–Crippen MR) is 110 cm³/mol. The van der Waals surface area contributed by atoms with Crippen LogP contribution in [0.5, 0.6) is 17.2 Å². The fraction of sp³-hybridized carbons (Fsp3) is 0.125. The Morgan fingerprint density at radius 3 is 1.86 bits per heavy atom. The molecule has 0 N–H and O–H groups in total. The maximum atomic E-state index is 9.73. The van der Waals surface area contributed by atoms with Crippen LogP contribution in [0.4, 0.5) is 0 Å². The van der Waals surface area contributed by atoms with Gasteiger partial charge in [-0.25, -0.2) is 0 Å². The third-order valence-electron chi connectivity index (χ3n) is 4.89. The number of fused-ring (bicyclic) bond motifs is 2. The van der Waals surface area contributed by atoms with Gasteiger partial charge in [0.15, 0.2) is 11.5 Å². The number of hydrogen-bond donors (Lipinski definition) is 0. The summed E-state index contributed by atoms with van der Waals surface area (Å²) >= 11 is 0. The Morgan fingerprint density at radius 1 is 0.750 bits per heavy atom. The average molecular weight is 369 g/mol. The van der Waals surface area contributed by atoms with Gasteiger partial charge in [-0.3, -0.25) is 0 Å². The first-order valence-electron chi connectivity index (χ1n) is 8.94. The van der Waals surface area contributed by atoms with Crippen LogP contribution < -0.4 is 14.2 Å². The van der Waals surface area contributed by atoms with Crippen molar-refractivity contribution in [3.63, 3.8) is 0 Å². The average Bonchev–Trinajstić information content (AvgIpc) is 2.76. The number of ether oxygens (including phenoxy) is 3. The summed E-state index contributed by atoms with van der Waals surface area (Å²) in [4.78, 5) is 0. The van der Waals surface area contributed by atoms with Crippen molar-refractivity contribution in [1.82, 2.24) is 0 Å². The Morgan fingerprint density at radius 2 is 1.32 bits per heavy atom. The highest BCUT2D eigenvalue weighted by Gasteiger charge is 2.14. The van der Waals surface area contributed by atoms with Crippen LogP contribution in [0.1, 0.15) is 11.1 Å². The van der Waals surface area contributed by atoms with E-state index < -0.39 is 0 Å². The lowest BCUT2D eigenvalue weighted by molar-refractivity contribution is 0.303. The van der Waals surface area contributed by atoms with Gasteiger partial charge in [-0.1, -0.05) is 48.5 Å². The maximum Gasteiger partial charge on any atom is 0.164 e. The molecule has 0 radical (unpaired) electrons. The van der Waals surface area contributed by atoms with Gasteiger partial charge >= 0.3 is 0 Å². The molecule has 0 aliphatic rings. The van der Waals surface area contributed by atoms with Gasteiger partial charge < -0.3 is 14.2 Å². The first-order valence-corrected chi connectivity index (χ1v) is 8.94. The molecule has 0 saturated carbocycles. The Hall–Kier alpha value is -3.71. The molecule has 4 rings (SSSR count). The maximum absolute atomic E-state index is 9.73. The minimum Gasteiger partial charge on any atom is -0.493 e. The van der Waals surface area contributed by atoms with E-state index in [1.165, 1.54) is 0 Å². The smallest absolute Gasteiger partial charge is 0.164 e. The first kappa shape index (κ1) is 17.7. The molecule has 0 aliphatic carbocycles. The molecule has 0 amide bonds. The van der Waals surface area contributed by atoms with E-state index in [4.69, 9.17) is 14.2 Å². The van der Waals surface area contributed by atoms with Gasteiger partial charge in [-0.2, -0.15) is 5.26 Å². The zero-order chi connectivity index (χ0) is 19.5. The number of nitriles is 1. The summed E-state index contributed by atoms with van der Waals surface area (Å²) in [6, 6.07) is 23.8. The second-order valence-electron chi connectivity index (χ2n) is 6.36. The van der Waals surface area contributed by atoms with E-state index in [9.17, 15) is 5.26 Å². The molecular formula is C24H19NO3. The quantitative estimate of drug-likeness (QED) is 0.438. The molecular weight excluding hydrogens is 350 g/mol. The SMILES string of the molecule is COc1ccc(OCc2c3ccccc3c(C#N)c3ccccc23)cc1OC. The molecule has 0 aromatic heterocycles. The number of nitrogens with zero attached hydrogens (tertiary/aromatic N) is 1. The van der Waals surface area contributed by atoms with Gasteiger partial charge in [0.2, 0.25) is 0 Å². The lowest BCUT2D eigenvalue weighted by Gasteiger charge is -2.15. The van der Waals surface area contributed by atoms with Crippen LogP contribution in [0.2, 0.25) is 0 Å². The molecule has 0 spiro atoms. The molecule has 0 fully saturated rings. The number of hydrogen-bond acceptors (Lipinski definition) is 4. The minimum atomic E-state index is 0.377. The van der Waals surface area contributed by atoms with E-state index in [2.05, 4.69) is 6.07 Å². The molecule has 4 aromatic rings. The lowest BCUT2D eigenvalue weighted by Crippen LogP contribution is -2.00. The van der Waals surface area contributed by atoms with E-state index in [1.54, 1.807) is 14.2 Å². The van der Waals surface area contributed by atoms with Crippen LogP contribution in [0.25, 0.3) is 21.5 Å². The fourth-order valence-electron chi connectivity index (χ4n) is 3.56. The monoisotopic (exact) mass is 369 g/mol. The summed E-state index contributed by atoms with van der Waals surface area (Å²) < 4.78 is 16.7. The summed E-state index contributed by atoms with van der Waals surface area (Å²) in [6.45, 7) is 0.377. The van der Waals surface area contributed by atoms with Gasteiger partial charge in [0.05, 0.1) is 19.8 Å². The van der Waals surface area contributed by atoms with Crippen LogP contribution in [-0.4, -0.2) is 14.2 Å². The summed E-state index contributed by atoms with van der Waals surface area (Å²) in [7, 11) is 3.21. The Labute approximate surface area is 163 Å². The summed E-state index contributed by atoms with van der Waals surface area (Å²) in [5, 5.41) is 13.7. The Kier molecular flexibility index (Phi) is 4.74. The second-order valence-corrected chi connectivity index (χ2v) is 6.36. The van der Waals surface area contributed by atoms with Crippen LogP contribution in [0, 0.1) is 11.3 Å². The Balaban J connectivity index is 1.81. The molecule has 138 valence electrons. The first-order chi connectivity index (χ1) is 13.8. The van der Waals surface area contributed by atoms with Crippen molar-refractivity contribution in [2.24, 2.45) is 0 Å². The predicted octanol–water partition coefficient (Wildman–Crippen LogP) is 5.46. The van der Waals surface area contributed by atoms with Crippen LogP contribution in [0.15, 0.2) is 66.7 Å². The third kappa shape index (κ3) is 2.97. The zero-order valence-corrected chi connectivity index (χ0v) is 15.7. The normalized spacial score (nSPS) is 10.6. The molecule has 0 unspecified atom stereocenters. The molecule has 0 atom stereocenters. The molecule has 4 aromatic carbocycles. The molecule has 28 heavy (non-hydrogen) atoms. The van der Waals surface area contributed by atoms with Crippen molar-refractivity contribution in [1.29, 1.82) is 5.26 Å². The lowest BCUT2D eigenvalue weighted by atomic mass is 9.92. The van der Waals surface area contributed by atoms with Gasteiger partial charge in [0.1, 0.15) is 18.4 Å². The highest BCUT2D eigenvalue weighted by atomic mass is 16.5. The highest BCUT2D eigenvalue weighted by molar-refractivity contribution is 6.07. The van der Waals surface area contributed by atoms with Gasteiger partial charge in [-0.15, -0.1) is 0 Å². The van der Waals surface area contributed by atoms with Crippen LogP contribution in [0.3, 0.4) is 0 Å². The highest BCUT2D eigenvalue weighted by Crippen LogP contribution is 2.35. The topological polar surface area (TPSA) is 51.5 Å². The molecule has 0 aliphatic heterocycles. The zero-order valence-electron chi connectivity index (χ0n) is 15.7.